The number of aromatic nitrogens is 8. The van der Waals surface area contributed by atoms with Gasteiger partial charge < -0.3 is 47.8 Å². The number of rotatable bonds is 8. The molecule has 2 atom stereocenters. The van der Waals surface area contributed by atoms with E-state index in [1.54, 1.807) is 31.3 Å². The Labute approximate surface area is 366 Å². The molecule has 18 heteroatoms. The number of aromatic hydroxyl groups is 2. The van der Waals surface area contributed by atoms with Crippen molar-refractivity contribution in [2.24, 2.45) is 11.8 Å². The molecule has 2 saturated carbocycles. The maximum absolute atomic E-state index is 13.3. The van der Waals surface area contributed by atoms with Crippen LogP contribution in [0.4, 0.5) is 0 Å². The molecule has 64 heavy (non-hydrogen) atoms. The van der Waals surface area contributed by atoms with Crippen LogP contribution in [0.3, 0.4) is 0 Å². The zero-order chi connectivity index (χ0) is 43.6. The minimum Gasteiger partial charge on any atom is -0.501 e. The third-order valence-corrected chi connectivity index (χ3v) is 14.3. The SMILES string of the molecule is O=C1c2c(O)c(=O)nc(C(C3CCCC3)n3ccc4cccnc43)n2CCN1C1COC1.O=C1c2c(O)c(=O)nc(C(C3CCCC3)n3ccc4cccnc43)n2CCN1C1COC1. The molecule has 0 radical (unpaired) electrons. The molecule has 2 aliphatic carbocycles. The lowest BCUT2D eigenvalue weighted by Gasteiger charge is -2.41. The Balaban J connectivity index is 0.000000143. The fourth-order valence-electron chi connectivity index (χ4n) is 10.9. The number of carbonyl (C=O) groups is 2. The molecule has 6 aromatic rings. The van der Waals surface area contributed by atoms with Crippen LogP contribution in [0, 0.1) is 11.8 Å². The quantitative estimate of drug-likeness (QED) is 0.224. The highest BCUT2D eigenvalue weighted by Gasteiger charge is 2.42. The van der Waals surface area contributed by atoms with Crippen molar-refractivity contribution in [2.75, 3.05) is 39.5 Å². The van der Waals surface area contributed by atoms with E-state index in [4.69, 9.17) is 9.47 Å². The van der Waals surface area contributed by atoms with Gasteiger partial charge in [0.1, 0.15) is 22.9 Å². The van der Waals surface area contributed by atoms with Crippen LogP contribution in [-0.2, 0) is 22.6 Å². The van der Waals surface area contributed by atoms with Gasteiger partial charge in [0.25, 0.3) is 11.8 Å². The second-order valence-corrected chi connectivity index (χ2v) is 17.9. The first-order valence-electron chi connectivity index (χ1n) is 22.5. The number of fused-ring (bicyclic) bond motifs is 4. The minimum atomic E-state index is -0.751. The first-order chi connectivity index (χ1) is 31.3. The van der Waals surface area contributed by atoms with E-state index in [9.17, 15) is 29.4 Å². The van der Waals surface area contributed by atoms with Crippen LogP contribution in [0.25, 0.3) is 22.1 Å². The lowest BCUT2D eigenvalue weighted by molar-refractivity contribution is -0.0576. The molecule has 6 aromatic heterocycles. The third-order valence-electron chi connectivity index (χ3n) is 14.3. The lowest BCUT2D eigenvalue weighted by atomic mass is 9.96. The minimum absolute atomic E-state index is 0.00871. The maximum Gasteiger partial charge on any atom is 0.315 e. The van der Waals surface area contributed by atoms with E-state index in [1.165, 1.54) is 0 Å². The number of amides is 2. The summed E-state index contributed by atoms with van der Waals surface area (Å²) in [5.74, 6) is -0.172. The fraction of sp³-hybridized carbons (Fsp3) is 0.478. The van der Waals surface area contributed by atoms with E-state index >= 15 is 0 Å². The molecule has 18 nitrogen and oxygen atoms in total. The number of pyridine rings is 2. The highest BCUT2D eigenvalue weighted by atomic mass is 16.5. The fourth-order valence-corrected chi connectivity index (χ4v) is 10.9. The van der Waals surface area contributed by atoms with E-state index in [2.05, 4.69) is 29.1 Å². The molecule has 0 bridgehead atoms. The van der Waals surface area contributed by atoms with Crippen LogP contribution in [0.15, 0.2) is 70.8 Å². The molecule has 2 unspecified atom stereocenters. The smallest absolute Gasteiger partial charge is 0.315 e. The Morgan fingerprint density at radius 2 is 0.969 bits per heavy atom. The van der Waals surface area contributed by atoms with Gasteiger partial charge in [-0.1, -0.05) is 25.7 Å². The summed E-state index contributed by atoms with van der Waals surface area (Å²) in [5.41, 5.74) is 0.251. The van der Waals surface area contributed by atoms with Crippen molar-refractivity contribution >= 4 is 33.9 Å². The topological polar surface area (TPSA) is 205 Å². The van der Waals surface area contributed by atoms with Crippen LogP contribution >= 0.6 is 0 Å². The van der Waals surface area contributed by atoms with Crippen molar-refractivity contribution in [3.8, 4) is 11.5 Å². The van der Waals surface area contributed by atoms with Gasteiger partial charge in [0.05, 0.1) is 50.6 Å². The van der Waals surface area contributed by atoms with Gasteiger partial charge in [0.2, 0.25) is 11.5 Å². The van der Waals surface area contributed by atoms with E-state index in [0.717, 1.165) is 73.4 Å². The van der Waals surface area contributed by atoms with Crippen LogP contribution in [-0.4, -0.2) is 122 Å². The van der Waals surface area contributed by atoms with Gasteiger partial charge in [-0.3, -0.25) is 19.2 Å². The summed E-state index contributed by atoms with van der Waals surface area (Å²) in [6, 6.07) is 11.4. The number of ether oxygens (including phenoxy) is 2. The predicted octanol–water partition coefficient (Wildman–Crippen LogP) is 3.87. The second kappa shape index (κ2) is 16.3. The van der Waals surface area contributed by atoms with Gasteiger partial charge in [0.15, 0.2) is 11.4 Å². The number of nitrogens with zero attached hydrogens (tertiary/aromatic N) is 10. The molecule has 2 saturated heterocycles. The first kappa shape index (κ1) is 40.4. The summed E-state index contributed by atoms with van der Waals surface area (Å²) in [7, 11) is 0. The van der Waals surface area contributed by atoms with Crippen LogP contribution in [0.2, 0.25) is 0 Å². The third kappa shape index (κ3) is 6.67. The normalized spacial score (nSPS) is 20.5. The number of hydrogen-bond donors (Lipinski definition) is 2. The molecule has 0 spiro atoms. The van der Waals surface area contributed by atoms with Crippen LogP contribution in [0.5, 0.6) is 11.5 Å². The summed E-state index contributed by atoms with van der Waals surface area (Å²) in [5, 5.41) is 23.2. The van der Waals surface area contributed by atoms with Gasteiger partial charge in [-0.2, -0.15) is 9.97 Å². The van der Waals surface area contributed by atoms with Crippen molar-refractivity contribution in [1.82, 2.24) is 48.0 Å². The largest absolute Gasteiger partial charge is 0.501 e. The lowest BCUT2D eigenvalue weighted by Crippen LogP contribution is -2.55. The highest BCUT2D eigenvalue weighted by Crippen LogP contribution is 2.42. The van der Waals surface area contributed by atoms with E-state index in [0.29, 0.717) is 64.3 Å². The van der Waals surface area contributed by atoms with Gasteiger partial charge in [-0.05, 0) is 73.9 Å². The Hall–Kier alpha value is -6.40. The summed E-state index contributed by atoms with van der Waals surface area (Å²) in [6.45, 7) is 3.90. The van der Waals surface area contributed by atoms with E-state index < -0.39 is 22.6 Å². The summed E-state index contributed by atoms with van der Waals surface area (Å²) >= 11 is 0. The Morgan fingerprint density at radius 3 is 1.34 bits per heavy atom. The Kier molecular flexibility index (Phi) is 10.3. The summed E-state index contributed by atoms with van der Waals surface area (Å²) < 4.78 is 18.2. The van der Waals surface area contributed by atoms with Crippen molar-refractivity contribution < 1.29 is 29.3 Å². The molecule has 12 rings (SSSR count). The Morgan fingerprint density at radius 1 is 0.562 bits per heavy atom. The van der Waals surface area contributed by atoms with Crippen molar-refractivity contribution in [1.29, 1.82) is 0 Å². The number of carbonyl (C=O) groups excluding carboxylic acids is 2. The first-order valence-corrected chi connectivity index (χ1v) is 22.5. The van der Waals surface area contributed by atoms with Crippen LogP contribution in [0.1, 0.15) is 96.1 Å². The zero-order valence-electron chi connectivity index (χ0n) is 35.4. The summed E-state index contributed by atoms with van der Waals surface area (Å²) in [4.78, 5) is 73.5. The molecular weight excluding hydrogens is 821 g/mol. The molecule has 6 aliphatic rings. The van der Waals surface area contributed by atoms with Gasteiger partial charge >= 0.3 is 11.1 Å². The van der Waals surface area contributed by atoms with E-state index in [1.807, 2.05) is 48.8 Å². The Bertz CT molecular complexity index is 2710. The van der Waals surface area contributed by atoms with Crippen molar-refractivity contribution in [2.45, 2.75) is 88.6 Å². The zero-order valence-corrected chi connectivity index (χ0v) is 35.4. The molecule has 2 amide bonds. The van der Waals surface area contributed by atoms with Gasteiger partial charge in [0, 0.05) is 61.7 Å². The molecule has 4 aliphatic heterocycles. The highest BCUT2D eigenvalue weighted by molar-refractivity contribution is 5.96. The van der Waals surface area contributed by atoms with Crippen molar-refractivity contribution in [3.63, 3.8) is 0 Å². The molecular formula is C46H50N10O8. The van der Waals surface area contributed by atoms with Gasteiger partial charge in [-0.15, -0.1) is 0 Å². The molecule has 10 heterocycles. The average Bonchev–Trinajstić information content (AvgIpc) is 4.12. The molecule has 332 valence electrons. The average molecular weight is 871 g/mol. The molecule has 2 N–H and O–H groups in total. The number of hydrogen-bond acceptors (Lipinski definition) is 12. The second-order valence-electron chi connectivity index (χ2n) is 17.9. The van der Waals surface area contributed by atoms with Crippen molar-refractivity contribution in [3.05, 3.63) is 105 Å². The predicted molar refractivity (Wildman–Crippen MR) is 231 cm³/mol. The van der Waals surface area contributed by atoms with Crippen LogP contribution < -0.4 is 11.1 Å². The maximum atomic E-state index is 13.3. The monoisotopic (exact) mass is 870 g/mol. The standard InChI is InChI=1S/2C23H25N5O4/c2*29-19-18-23(31)26(16-12-32-13-16)10-11-28(18)21(25-22(19)30)17(14-4-1-2-5-14)27-9-7-15-6-3-8-24-20(15)27/h2*3,6-9,14,16-17,29H,1-2,4-5,10-13H2. The van der Waals surface area contributed by atoms with E-state index in [-0.39, 0.29) is 59.2 Å². The summed E-state index contributed by atoms with van der Waals surface area (Å²) in [6.07, 6.45) is 16.1. The molecule has 0 aromatic carbocycles. The van der Waals surface area contributed by atoms with Gasteiger partial charge in [-0.25, -0.2) is 9.97 Å². The molecule has 4 fully saturated rings.